The van der Waals surface area contributed by atoms with Gasteiger partial charge in [0.1, 0.15) is 12.4 Å². The number of aryl methyl sites for hydroxylation is 1. The topological polar surface area (TPSA) is 85.8 Å². The molecule has 0 saturated heterocycles. The number of hydrogen-bond acceptors (Lipinski definition) is 5. The molecule has 3 rings (SSSR count). The Hall–Kier alpha value is -2.30. The Morgan fingerprint density at radius 2 is 2.04 bits per heavy atom. The van der Waals surface area contributed by atoms with E-state index in [2.05, 4.69) is 43.1 Å². The van der Waals surface area contributed by atoms with Crippen LogP contribution < -0.4 is 5.32 Å². The number of nitrogens with zero attached hydrogens (tertiary/aromatic N) is 4. The van der Waals surface area contributed by atoms with Crippen molar-refractivity contribution in [1.29, 1.82) is 0 Å². The Labute approximate surface area is 163 Å². The lowest BCUT2D eigenvalue weighted by molar-refractivity contribution is 0.0910. The summed E-state index contributed by atoms with van der Waals surface area (Å²) in [5, 5.41) is 11.0. The van der Waals surface area contributed by atoms with Crippen molar-refractivity contribution in [2.24, 2.45) is 0 Å². The lowest BCUT2D eigenvalue weighted by Crippen LogP contribution is -2.26. The number of benzene rings is 1. The molecule has 3 aromatic rings. The van der Waals surface area contributed by atoms with E-state index in [1.165, 1.54) is 12.1 Å². The number of halogens is 2. The fourth-order valence-electron chi connectivity index (χ4n) is 2.42. The molecular weight excluding hydrogens is 452 g/mol. The van der Waals surface area contributed by atoms with Crippen LogP contribution in [0.2, 0.25) is 0 Å². The van der Waals surface area contributed by atoms with Crippen LogP contribution in [0.5, 0.6) is 0 Å². The zero-order valence-electron chi connectivity index (χ0n) is 14.3. The van der Waals surface area contributed by atoms with Crippen LogP contribution >= 0.6 is 22.6 Å². The Kier molecular flexibility index (Phi) is 5.64. The highest BCUT2D eigenvalue weighted by molar-refractivity contribution is 14.1. The molecule has 0 aliphatic rings. The van der Waals surface area contributed by atoms with Gasteiger partial charge in [-0.1, -0.05) is 17.3 Å². The van der Waals surface area contributed by atoms with Crippen LogP contribution in [0.3, 0.4) is 0 Å². The number of hydrogen-bond donors (Lipinski definition) is 1. The highest BCUT2D eigenvalue weighted by atomic mass is 127. The maximum Gasteiger partial charge on any atom is 0.316 e. The van der Waals surface area contributed by atoms with Crippen molar-refractivity contribution in [1.82, 2.24) is 25.2 Å². The summed E-state index contributed by atoms with van der Waals surface area (Å²) in [5.74, 6) is -0.423. The summed E-state index contributed by atoms with van der Waals surface area (Å²) in [5.41, 5.74) is 2.88. The average molecular weight is 469 g/mol. The zero-order chi connectivity index (χ0) is 18.7. The minimum absolute atomic E-state index is 0.0877. The van der Waals surface area contributed by atoms with Crippen molar-refractivity contribution >= 4 is 28.5 Å². The minimum Gasteiger partial charge on any atom is -0.347 e. The van der Waals surface area contributed by atoms with Crippen LogP contribution in [-0.2, 0) is 13.0 Å². The van der Waals surface area contributed by atoms with Gasteiger partial charge in [-0.05, 0) is 60.6 Å². The quantitative estimate of drug-likeness (QED) is 0.562. The van der Waals surface area contributed by atoms with E-state index in [4.69, 9.17) is 4.52 Å². The summed E-state index contributed by atoms with van der Waals surface area (Å²) in [4.78, 5) is 16.2. The largest absolute Gasteiger partial charge is 0.347 e. The van der Waals surface area contributed by atoms with Crippen molar-refractivity contribution in [2.45, 2.75) is 26.8 Å². The average Bonchev–Trinajstić information content (AvgIpc) is 3.18. The molecule has 0 spiro atoms. The number of carbonyl (C=O) groups excluding carboxylic acids is 1. The van der Waals surface area contributed by atoms with Gasteiger partial charge in [0, 0.05) is 12.2 Å². The fourth-order valence-corrected chi connectivity index (χ4v) is 2.81. The molecule has 0 aliphatic heterocycles. The molecule has 2 aromatic heterocycles. The first kappa shape index (κ1) is 18.5. The Morgan fingerprint density at radius 3 is 2.69 bits per heavy atom. The van der Waals surface area contributed by atoms with Gasteiger partial charge in [0.15, 0.2) is 5.82 Å². The minimum atomic E-state index is -0.436. The van der Waals surface area contributed by atoms with Crippen LogP contribution in [0.1, 0.15) is 33.5 Å². The van der Waals surface area contributed by atoms with E-state index in [1.807, 2.05) is 13.8 Å². The molecule has 9 heteroatoms. The van der Waals surface area contributed by atoms with E-state index >= 15 is 0 Å². The molecule has 1 amide bonds. The molecule has 0 fully saturated rings. The number of amides is 1. The highest BCUT2D eigenvalue weighted by Gasteiger charge is 2.16. The first-order chi connectivity index (χ1) is 12.4. The normalized spacial score (nSPS) is 10.9. The van der Waals surface area contributed by atoms with Crippen LogP contribution in [0.4, 0.5) is 4.39 Å². The standard InChI is InChI=1S/C17H17FIN5O2/c1-10-15(19)11(2)24(22-10)9-14-21-17(26-23-14)16(25)20-8-7-12-3-5-13(18)6-4-12/h3-6H,7-9H2,1-2H3,(H,20,25). The van der Waals surface area contributed by atoms with Gasteiger partial charge >= 0.3 is 11.8 Å². The van der Waals surface area contributed by atoms with Crippen LogP contribution in [-0.4, -0.2) is 32.4 Å². The van der Waals surface area contributed by atoms with Gasteiger partial charge in [0.2, 0.25) is 0 Å². The smallest absolute Gasteiger partial charge is 0.316 e. The van der Waals surface area contributed by atoms with Gasteiger partial charge < -0.3 is 9.84 Å². The molecule has 26 heavy (non-hydrogen) atoms. The lowest BCUT2D eigenvalue weighted by atomic mass is 10.1. The first-order valence-corrected chi connectivity index (χ1v) is 9.06. The predicted octanol–water partition coefficient (Wildman–Crippen LogP) is 2.65. The summed E-state index contributed by atoms with van der Waals surface area (Å²) >= 11 is 2.24. The maximum absolute atomic E-state index is 12.9. The van der Waals surface area contributed by atoms with Crippen molar-refractivity contribution < 1.29 is 13.7 Å². The molecule has 0 saturated carbocycles. The number of nitrogens with one attached hydrogen (secondary N) is 1. The van der Waals surface area contributed by atoms with Crippen LogP contribution in [0.25, 0.3) is 0 Å². The summed E-state index contributed by atoms with van der Waals surface area (Å²) in [6, 6.07) is 6.15. The molecule has 1 aromatic carbocycles. The van der Waals surface area contributed by atoms with Crippen molar-refractivity contribution in [3.05, 3.63) is 62.3 Å². The second kappa shape index (κ2) is 7.94. The van der Waals surface area contributed by atoms with E-state index in [-0.39, 0.29) is 11.7 Å². The van der Waals surface area contributed by atoms with E-state index in [1.54, 1.807) is 16.8 Å². The molecule has 7 nitrogen and oxygen atoms in total. The Balaban J connectivity index is 1.55. The van der Waals surface area contributed by atoms with Gasteiger partial charge in [0.25, 0.3) is 0 Å². The second-order valence-electron chi connectivity index (χ2n) is 5.79. The van der Waals surface area contributed by atoms with Gasteiger partial charge in [-0.15, -0.1) is 0 Å². The van der Waals surface area contributed by atoms with Crippen molar-refractivity contribution in [2.75, 3.05) is 6.54 Å². The third kappa shape index (κ3) is 4.26. The van der Waals surface area contributed by atoms with Gasteiger partial charge in [0.05, 0.1) is 9.26 Å². The summed E-state index contributed by atoms with van der Waals surface area (Å²) in [6.07, 6.45) is 0.581. The van der Waals surface area contributed by atoms with E-state index in [0.29, 0.717) is 25.3 Å². The molecule has 2 heterocycles. The summed E-state index contributed by atoms with van der Waals surface area (Å²) in [7, 11) is 0. The third-order valence-electron chi connectivity index (χ3n) is 3.86. The number of carbonyl (C=O) groups is 1. The van der Waals surface area contributed by atoms with E-state index < -0.39 is 5.91 Å². The Bertz CT molecular complexity index is 920. The van der Waals surface area contributed by atoms with Gasteiger partial charge in [-0.2, -0.15) is 10.1 Å². The van der Waals surface area contributed by atoms with Gasteiger partial charge in [-0.25, -0.2) is 4.39 Å². The third-order valence-corrected chi connectivity index (χ3v) is 5.42. The molecule has 0 radical (unpaired) electrons. The second-order valence-corrected chi connectivity index (χ2v) is 6.87. The molecule has 1 N–H and O–H groups in total. The fraction of sp³-hybridized carbons (Fsp3) is 0.294. The monoisotopic (exact) mass is 469 g/mol. The van der Waals surface area contributed by atoms with Crippen LogP contribution in [0, 0.1) is 23.2 Å². The van der Waals surface area contributed by atoms with Crippen LogP contribution in [0.15, 0.2) is 28.8 Å². The number of rotatable bonds is 6. The highest BCUT2D eigenvalue weighted by Crippen LogP contribution is 2.16. The predicted molar refractivity (Wildman–Crippen MR) is 100 cm³/mol. The lowest BCUT2D eigenvalue weighted by Gasteiger charge is -2.02. The molecule has 0 atom stereocenters. The van der Waals surface area contributed by atoms with Crippen molar-refractivity contribution in [3.8, 4) is 0 Å². The number of aromatic nitrogens is 4. The first-order valence-electron chi connectivity index (χ1n) is 7.99. The Morgan fingerprint density at radius 1 is 1.31 bits per heavy atom. The maximum atomic E-state index is 12.9. The van der Waals surface area contributed by atoms with E-state index in [9.17, 15) is 9.18 Å². The van der Waals surface area contributed by atoms with Gasteiger partial charge in [-0.3, -0.25) is 9.48 Å². The molecule has 0 aliphatic carbocycles. The molecular formula is C17H17FIN5O2. The van der Waals surface area contributed by atoms with E-state index in [0.717, 1.165) is 20.5 Å². The van der Waals surface area contributed by atoms with Crippen molar-refractivity contribution in [3.63, 3.8) is 0 Å². The zero-order valence-corrected chi connectivity index (χ0v) is 16.4. The molecule has 0 bridgehead atoms. The summed E-state index contributed by atoms with van der Waals surface area (Å²) in [6.45, 7) is 4.62. The molecule has 0 unspecified atom stereocenters. The molecule has 136 valence electrons. The summed E-state index contributed by atoms with van der Waals surface area (Å²) < 4.78 is 20.8. The SMILES string of the molecule is Cc1nn(Cc2noc(C(=O)NCCc3ccc(F)cc3)n2)c(C)c1I.